The summed E-state index contributed by atoms with van der Waals surface area (Å²) in [5.41, 5.74) is -0.419. The molecule has 1 aliphatic rings. The Hall–Kier alpha value is -1.20. The Morgan fingerprint density at radius 2 is 1.69 bits per heavy atom. The van der Waals surface area contributed by atoms with Gasteiger partial charge in [-0.15, -0.1) is 11.8 Å². The number of carbonyl (C=O) groups excluding carboxylic acids is 1. The van der Waals surface area contributed by atoms with Crippen molar-refractivity contribution in [2.24, 2.45) is 5.92 Å². The molecule has 1 amide bonds. The maximum Gasteiger partial charge on any atom is 0.410 e. The SMILES string of the molecule is CC(C)Sc1ccc(C(C)(O)C2CCN(C(=O)OC(C)(C)C)CC2)cc1. The van der Waals surface area contributed by atoms with Crippen molar-refractivity contribution in [2.75, 3.05) is 13.1 Å². The molecule has 1 aliphatic heterocycles. The van der Waals surface area contributed by atoms with Crippen molar-refractivity contribution in [1.82, 2.24) is 4.90 Å². The van der Waals surface area contributed by atoms with Crippen molar-refractivity contribution in [1.29, 1.82) is 0 Å². The van der Waals surface area contributed by atoms with E-state index >= 15 is 0 Å². The van der Waals surface area contributed by atoms with E-state index in [9.17, 15) is 9.90 Å². The molecule has 1 atom stereocenters. The lowest BCUT2D eigenvalue weighted by Gasteiger charge is -2.40. The molecular weight excluding hydrogens is 346 g/mol. The van der Waals surface area contributed by atoms with Crippen LogP contribution in [0.3, 0.4) is 0 Å². The summed E-state index contributed by atoms with van der Waals surface area (Å²) in [5, 5.41) is 11.7. The molecule has 0 spiro atoms. The second kappa shape index (κ2) is 8.22. The summed E-state index contributed by atoms with van der Waals surface area (Å²) in [6, 6.07) is 8.24. The summed E-state index contributed by atoms with van der Waals surface area (Å²) < 4.78 is 5.45. The molecule has 0 aliphatic carbocycles. The average molecular weight is 380 g/mol. The molecule has 1 aromatic rings. The van der Waals surface area contributed by atoms with E-state index in [0.717, 1.165) is 18.4 Å². The predicted molar refractivity (Wildman–Crippen MR) is 108 cm³/mol. The molecular formula is C21H33NO3S. The third kappa shape index (κ3) is 5.65. The van der Waals surface area contributed by atoms with E-state index in [4.69, 9.17) is 4.74 Å². The number of thioether (sulfide) groups is 1. The number of rotatable bonds is 4. The van der Waals surface area contributed by atoms with Crippen LogP contribution in [0.2, 0.25) is 0 Å². The summed E-state index contributed by atoms with van der Waals surface area (Å²) >= 11 is 1.82. The predicted octanol–water partition coefficient (Wildman–Crippen LogP) is 5.04. The summed E-state index contributed by atoms with van der Waals surface area (Å²) in [6.07, 6.45) is 1.29. The fourth-order valence-corrected chi connectivity index (χ4v) is 4.17. The van der Waals surface area contributed by atoms with Crippen molar-refractivity contribution in [2.45, 2.75) is 75.7 Å². The Kier molecular flexibility index (Phi) is 6.67. The van der Waals surface area contributed by atoms with Crippen LogP contribution in [0.1, 0.15) is 59.9 Å². The fraction of sp³-hybridized carbons (Fsp3) is 0.667. The first-order chi connectivity index (χ1) is 12.0. The molecule has 0 bridgehead atoms. The maximum absolute atomic E-state index is 12.2. The molecule has 1 heterocycles. The van der Waals surface area contributed by atoms with Gasteiger partial charge in [-0.2, -0.15) is 0 Å². The third-order valence-corrected chi connectivity index (χ3v) is 5.77. The molecule has 1 unspecified atom stereocenters. The Bertz CT molecular complexity index is 597. The Labute approximate surface area is 162 Å². The highest BCUT2D eigenvalue weighted by molar-refractivity contribution is 7.99. The number of likely N-dealkylation sites (tertiary alicyclic amines) is 1. The number of hydrogen-bond acceptors (Lipinski definition) is 4. The zero-order valence-corrected chi connectivity index (χ0v) is 17.7. The molecule has 0 aromatic heterocycles. The molecule has 2 rings (SSSR count). The molecule has 1 aromatic carbocycles. The first-order valence-electron chi connectivity index (χ1n) is 9.46. The average Bonchev–Trinajstić information content (AvgIpc) is 2.53. The molecule has 1 saturated heterocycles. The van der Waals surface area contributed by atoms with Gasteiger partial charge in [-0.25, -0.2) is 4.79 Å². The smallest absolute Gasteiger partial charge is 0.410 e. The fourth-order valence-electron chi connectivity index (χ4n) is 3.33. The monoisotopic (exact) mass is 379 g/mol. The van der Waals surface area contributed by atoms with E-state index in [1.54, 1.807) is 4.90 Å². The number of aliphatic hydroxyl groups is 1. The maximum atomic E-state index is 12.2. The van der Waals surface area contributed by atoms with Crippen LogP contribution >= 0.6 is 11.8 Å². The zero-order valence-electron chi connectivity index (χ0n) is 16.9. The van der Waals surface area contributed by atoms with Gasteiger partial charge >= 0.3 is 6.09 Å². The van der Waals surface area contributed by atoms with E-state index in [1.165, 1.54) is 4.90 Å². The molecule has 1 fully saturated rings. The second-order valence-corrected chi connectivity index (χ2v) is 10.2. The van der Waals surface area contributed by atoms with Crippen LogP contribution in [0.25, 0.3) is 0 Å². The third-order valence-electron chi connectivity index (χ3n) is 4.75. The summed E-state index contributed by atoms with van der Waals surface area (Å²) in [7, 11) is 0. The van der Waals surface area contributed by atoms with Gasteiger partial charge in [0.1, 0.15) is 5.60 Å². The van der Waals surface area contributed by atoms with Gasteiger partial charge in [0.15, 0.2) is 0 Å². The van der Waals surface area contributed by atoms with Gasteiger partial charge in [-0.1, -0.05) is 26.0 Å². The highest BCUT2D eigenvalue weighted by atomic mass is 32.2. The minimum Gasteiger partial charge on any atom is -0.444 e. The first kappa shape index (κ1) is 21.1. The van der Waals surface area contributed by atoms with E-state index in [0.29, 0.717) is 18.3 Å². The van der Waals surface area contributed by atoms with Crippen molar-refractivity contribution in [3.05, 3.63) is 29.8 Å². The van der Waals surface area contributed by atoms with Crippen LogP contribution in [-0.4, -0.2) is 40.0 Å². The highest BCUT2D eigenvalue weighted by Gasteiger charge is 2.37. The number of ether oxygens (including phenoxy) is 1. The van der Waals surface area contributed by atoms with Gasteiger partial charge in [0.2, 0.25) is 0 Å². The molecule has 1 N–H and O–H groups in total. The Balaban J connectivity index is 1.97. The van der Waals surface area contributed by atoms with Crippen molar-refractivity contribution >= 4 is 17.9 Å². The van der Waals surface area contributed by atoms with Crippen LogP contribution < -0.4 is 0 Å². The highest BCUT2D eigenvalue weighted by Crippen LogP contribution is 2.37. The van der Waals surface area contributed by atoms with Gasteiger partial charge in [0.05, 0.1) is 5.60 Å². The molecule has 4 nitrogen and oxygen atoms in total. The van der Waals surface area contributed by atoms with Crippen LogP contribution in [0, 0.1) is 5.92 Å². The van der Waals surface area contributed by atoms with Gasteiger partial charge < -0.3 is 14.7 Å². The lowest BCUT2D eigenvalue weighted by Crippen LogP contribution is -2.45. The molecule has 146 valence electrons. The number of benzene rings is 1. The minimum atomic E-state index is -0.888. The first-order valence-corrected chi connectivity index (χ1v) is 10.3. The number of nitrogens with zero attached hydrogens (tertiary/aromatic N) is 1. The lowest BCUT2D eigenvalue weighted by atomic mass is 9.77. The molecule has 0 radical (unpaired) electrons. The van der Waals surface area contributed by atoms with E-state index in [-0.39, 0.29) is 12.0 Å². The minimum absolute atomic E-state index is 0.129. The van der Waals surface area contributed by atoms with Crippen LogP contribution in [0.15, 0.2) is 29.2 Å². The number of hydrogen-bond donors (Lipinski definition) is 1. The Morgan fingerprint density at radius 1 is 1.15 bits per heavy atom. The zero-order chi connectivity index (χ0) is 19.5. The summed E-state index contributed by atoms with van der Waals surface area (Å²) in [4.78, 5) is 15.2. The quantitative estimate of drug-likeness (QED) is 0.745. The van der Waals surface area contributed by atoms with Gasteiger partial charge in [0.25, 0.3) is 0 Å². The molecule has 5 heteroatoms. The number of piperidine rings is 1. The van der Waals surface area contributed by atoms with Crippen LogP contribution in [-0.2, 0) is 10.3 Å². The Morgan fingerprint density at radius 3 is 2.15 bits per heavy atom. The summed E-state index contributed by atoms with van der Waals surface area (Å²) in [5.74, 6) is 0.129. The largest absolute Gasteiger partial charge is 0.444 e. The summed E-state index contributed by atoms with van der Waals surface area (Å²) in [6.45, 7) is 13.1. The van der Waals surface area contributed by atoms with Gasteiger partial charge in [0, 0.05) is 23.2 Å². The van der Waals surface area contributed by atoms with E-state index in [1.807, 2.05) is 51.6 Å². The van der Waals surface area contributed by atoms with Crippen molar-refractivity contribution < 1.29 is 14.6 Å². The van der Waals surface area contributed by atoms with Crippen LogP contribution in [0.5, 0.6) is 0 Å². The van der Waals surface area contributed by atoms with Gasteiger partial charge in [-0.05, 0) is 64.2 Å². The lowest BCUT2D eigenvalue weighted by molar-refractivity contribution is -0.0384. The molecule has 0 saturated carbocycles. The standard InChI is InChI=1S/C21H33NO3S/c1-15(2)26-18-9-7-16(8-10-18)21(6,24)17-11-13-22(14-12-17)19(23)25-20(3,4)5/h7-10,15,17,24H,11-14H2,1-6H3. The topological polar surface area (TPSA) is 49.8 Å². The normalized spacial score (nSPS) is 18.7. The van der Waals surface area contributed by atoms with E-state index in [2.05, 4.69) is 26.0 Å². The second-order valence-electron chi connectivity index (χ2n) is 8.58. The van der Waals surface area contributed by atoms with Gasteiger partial charge in [-0.3, -0.25) is 0 Å². The molecule has 26 heavy (non-hydrogen) atoms. The van der Waals surface area contributed by atoms with Crippen molar-refractivity contribution in [3.63, 3.8) is 0 Å². The number of carbonyl (C=O) groups is 1. The number of amides is 1. The van der Waals surface area contributed by atoms with Crippen molar-refractivity contribution in [3.8, 4) is 0 Å². The van der Waals surface area contributed by atoms with E-state index < -0.39 is 11.2 Å². The van der Waals surface area contributed by atoms with Crippen LogP contribution in [0.4, 0.5) is 4.79 Å².